The number of carbonyl (C=O) groups excluding carboxylic acids is 2. The number of carbonyl (C=O) groups is 2. The number of anilines is 1. The van der Waals surface area contributed by atoms with Crippen LogP contribution in [-0.4, -0.2) is 31.5 Å². The lowest BCUT2D eigenvalue weighted by Gasteiger charge is -2.25. The minimum Gasteiger partial charge on any atom is -0.497 e. The van der Waals surface area contributed by atoms with Gasteiger partial charge in [0, 0.05) is 19.0 Å². The number of amides is 2. The summed E-state index contributed by atoms with van der Waals surface area (Å²) in [6.45, 7) is 2.30. The molecule has 0 radical (unpaired) electrons. The van der Waals surface area contributed by atoms with E-state index in [4.69, 9.17) is 16.3 Å². The predicted octanol–water partition coefficient (Wildman–Crippen LogP) is 2.37. The zero-order valence-electron chi connectivity index (χ0n) is 12.2. The third-order valence-corrected chi connectivity index (χ3v) is 3.80. The Morgan fingerprint density at radius 1 is 1.43 bits per heavy atom. The molecule has 1 atom stereocenters. The Morgan fingerprint density at radius 2 is 2.19 bits per heavy atom. The molecule has 2 amide bonds. The molecule has 1 aliphatic rings. The topological polar surface area (TPSA) is 58.6 Å². The third-order valence-electron chi connectivity index (χ3n) is 3.48. The van der Waals surface area contributed by atoms with Gasteiger partial charge in [0.1, 0.15) is 11.8 Å². The molecule has 1 aromatic rings. The Bertz CT molecular complexity index is 548. The van der Waals surface area contributed by atoms with Gasteiger partial charge in [-0.1, -0.05) is 24.9 Å². The molecule has 21 heavy (non-hydrogen) atoms. The van der Waals surface area contributed by atoms with E-state index in [1.54, 1.807) is 30.2 Å². The number of hydrogen-bond donors (Lipinski definition) is 1. The highest BCUT2D eigenvalue weighted by Crippen LogP contribution is 2.31. The summed E-state index contributed by atoms with van der Waals surface area (Å²) in [7, 11) is 1.56. The molecule has 2 rings (SSSR count). The minimum absolute atomic E-state index is 0.108. The van der Waals surface area contributed by atoms with E-state index >= 15 is 0 Å². The van der Waals surface area contributed by atoms with Gasteiger partial charge in [0.25, 0.3) is 0 Å². The number of ether oxygens (including phenoxy) is 1. The Balaban J connectivity index is 2.36. The van der Waals surface area contributed by atoms with Gasteiger partial charge < -0.3 is 15.0 Å². The van der Waals surface area contributed by atoms with E-state index in [2.05, 4.69) is 5.32 Å². The number of nitrogens with zero attached hydrogens (tertiary/aromatic N) is 1. The molecule has 0 aliphatic carbocycles. The van der Waals surface area contributed by atoms with E-state index in [9.17, 15) is 9.59 Å². The average molecular weight is 311 g/mol. The van der Waals surface area contributed by atoms with Crippen molar-refractivity contribution >= 4 is 29.1 Å². The fourth-order valence-corrected chi connectivity index (χ4v) is 2.61. The fraction of sp³-hybridized carbons (Fsp3) is 0.467. The van der Waals surface area contributed by atoms with Crippen molar-refractivity contribution in [3.63, 3.8) is 0 Å². The quantitative estimate of drug-likeness (QED) is 0.929. The van der Waals surface area contributed by atoms with Crippen molar-refractivity contribution in [2.24, 2.45) is 0 Å². The summed E-state index contributed by atoms with van der Waals surface area (Å²) in [6, 6.07) is 4.66. The molecule has 1 aromatic carbocycles. The van der Waals surface area contributed by atoms with Crippen LogP contribution in [0, 0.1) is 0 Å². The van der Waals surface area contributed by atoms with Gasteiger partial charge in [0.15, 0.2) is 0 Å². The van der Waals surface area contributed by atoms with Crippen molar-refractivity contribution in [2.45, 2.75) is 32.2 Å². The second-order valence-corrected chi connectivity index (χ2v) is 5.37. The number of nitrogens with one attached hydrogen (secondary N) is 1. The summed E-state index contributed by atoms with van der Waals surface area (Å²) in [5.74, 6) is 0.388. The first-order valence-electron chi connectivity index (χ1n) is 7.01. The van der Waals surface area contributed by atoms with E-state index in [0.29, 0.717) is 29.4 Å². The van der Waals surface area contributed by atoms with E-state index in [1.807, 2.05) is 6.92 Å². The Labute approximate surface area is 129 Å². The number of benzene rings is 1. The minimum atomic E-state index is -0.493. The SMILES string of the molecule is CCCC1NC(=O)CCN(c2cc(OC)ccc2Cl)C1=O. The van der Waals surface area contributed by atoms with Crippen LogP contribution in [0.2, 0.25) is 5.02 Å². The zero-order chi connectivity index (χ0) is 15.4. The summed E-state index contributed by atoms with van der Waals surface area (Å²) in [4.78, 5) is 26.0. The van der Waals surface area contributed by atoms with Crippen molar-refractivity contribution in [3.05, 3.63) is 23.2 Å². The molecule has 0 aromatic heterocycles. The van der Waals surface area contributed by atoms with Crippen LogP contribution >= 0.6 is 11.6 Å². The number of halogens is 1. The molecular weight excluding hydrogens is 292 g/mol. The van der Waals surface area contributed by atoms with Crippen molar-refractivity contribution in [2.75, 3.05) is 18.6 Å². The van der Waals surface area contributed by atoms with Crippen LogP contribution in [0.15, 0.2) is 18.2 Å². The number of hydrogen-bond acceptors (Lipinski definition) is 3. The molecule has 1 saturated heterocycles. The van der Waals surface area contributed by atoms with Gasteiger partial charge in [-0.2, -0.15) is 0 Å². The van der Waals surface area contributed by atoms with Crippen LogP contribution in [0.5, 0.6) is 5.75 Å². The summed E-state index contributed by atoms with van der Waals surface area (Å²) < 4.78 is 5.18. The van der Waals surface area contributed by atoms with Gasteiger partial charge in [-0.25, -0.2) is 0 Å². The van der Waals surface area contributed by atoms with Gasteiger partial charge >= 0.3 is 0 Å². The smallest absolute Gasteiger partial charge is 0.249 e. The monoisotopic (exact) mass is 310 g/mol. The molecule has 1 aliphatic heterocycles. The number of rotatable bonds is 4. The lowest BCUT2D eigenvalue weighted by Crippen LogP contribution is -2.44. The maximum Gasteiger partial charge on any atom is 0.249 e. The lowest BCUT2D eigenvalue weighted by molar-refractivity contribution is -0.125. The second kappa shape index (κ2) is 6.80. The Hall–Kier alpha value is -1.75. The van der Waals surface area contributed by atoms with Crippen molar-refractivity contribution in [3.8, 4) is 5.75 Å². The standard InChI is InChI=1S/C15H19ClN2O3/c1-3-4-12-15(20)18(8-7-14(19)17-12)13-9-10(21-2)5-6-11(13)16/h5-6,9,12H,3-4,7-8H2,1-2H3,(H,17,19). The maximum absolute atomic E-state index is 12.6. The summed E-state index contributed by atoms with van der Waals surface area (Å²) >= 11 is 6.21. The number of methoxy groups -OCH3 is 1. The Morgan fingerprint density at radius 3 is 2.86 bits per heavy atom. The van der Waals surface area contributed by atoms with Gasteiger partial charge in [-0.05, 0) is 18.6 Å². The first-order valence-corrected chi connectivity index (χ1v) is 7.39. The largest absolute Gasteiger partial charge is 0.497 e. The second-order valence-electron chi connectivity index (χ2n) is 4.97. The molecule has 5 nitrogen and oxygen atoms in total. The third kappa shape index (κ3) is 3.47. The van der Waals surface area contributed by atoms with Gasteiger partial charge in [0.05, 0.1) is 17.8 Å². The summed E-state index contributed by atoms with van der Waals surface area (Å²) in [6.07, 6.45) is 1.69. The van der Waals surface area contributed by atoms with Gasteiger partial charge in [-0.3, -0.25) is 9.59 Å². The first kappa shape index (κ1) is 15.6. The van der Waals surface area contributed by atoms with Crippen molar-refractivity contribution in [1.82, 2.24) is 5.32 Å². The molecular formula is C15H19ClN2O3. The van der Waals surface area contributed by atoms with Crippen molar-refractivity contribution in [1.29, 1.82) is 0 Å². The highest BCUT2D eigenvalue weighted by Gasteiger charge is 2.31. The highest BCUT2D eigenvalue weighted by atomic mass is 35.5. The molecule has 0 spiro atoms. The fourth-order valence-electron chi connectivity index (χ4n) is 2.39. The molecule has 1 unspecified atom stereocenters. The van der Waals surface area contributed by atoms with Crippen LogP contribution in [0.4, 0.5) is 5.69 Å². The molecule has 1 heterocycles. The molecule has 6 heteroatoms. The van der Waals surface area contributed by atoms with Gasteiger partial charge in [-0.15, -0.1) is 0 Å². The molecule has 0 saturated carbocycles. The average Bonchev–Trinajstić information content (AvgIpc) is 2.60. The summed E-state index contributed by atoms with van der Waals surface area (Å²) in [5, 5.41) is 3.24. The predicted molar refractivity (Wildman–Crippen MR) is 81.8 cm³/mol. The maximum atomic E-state index is 12.6. The van der Waals surface area contributed by atoms with Crippen LogP contribution in [-0.2, 0) is 9.59 Å². The van der Waals surface area contributed by atoms with Crippen molar-refractivity contribution < 1.29 is 14.3 Å². The Kier molecular flexibility index (Phi) is 5.07. The molecule has 114 valence electrons. The van der Waals surface area contributed by atoms with E-state index in [-0.39, 0.29) is 18.2 Å². The molecule has 0 bridgehead atoms. The normalized spacial score (nSPS) is 19.2. The van der Waals surface area contributed by atoms with E-state index in [0.717, 1.165) is 6.42 Å². The highest BCUT2D eigenvalue weighted by molar-refractivity contribution is 6.34. The zero-order valence-corrected chi connectivity index (χ0v) is 12.9. The van der Waals surface area contributed by atoms with Crippen LogP contribution in [0.25, 0.3) is 0 Å². The van der Waals surface area contributed by atoms with Crippen LogP contribution in [0.1, 0.15) is 26.2 Å². The van der Waals surface area contributed by atoms with Crippen LogP contribution in [0.3, 0.4) is 0 Å². The van der Waals surface area contributed by atoms with E-state index < -0.39 is 6.04 Å². The van der Waals surface area contributed by atoms with Gasteiger partial charge in [0.2, 0.25) is 11.8 Å². The molecule has 1 fully saturated rings. The summed E-state index contributed by atoms with van der Waals surface area (Å²) in [5.41, 5.74) is 0.582. The van der Waals surface area contributed by atoms with Crippen LogP contribution < -0.4 is 15.0 Å². The molecule has 1 N–H and O–H groups in total. The first-order chi connectivity index (χ1) is 10.1. The van der Waals surface area contributed by atoms with E-state index in [1.165, 1.54) is 0 Å². The lowest BCUT2D eigenvalue weighted by atomic mass is 10.1.